The first kappa shape index (κ1) is 7.79. The number of allylic oxidation sites excluding steroid dienone is 5. The second-order valence-electron chi connectivity index (χ2n) is 2.38. The summed E-state index contributed by atoms with van der Waals surface area (Å²) >= 11 is 0. The molecule has 1 aliphatic carbocycles. The summed E-state index contributed by atoms with van der Waals surface area (Å²) in [5, 5.41) is 8.65. The average Bonchev–Trinajstić information content (AvgIpc) is 1.84. The topological polar surface area (TPSA) is 37.3 Å². The summed E-state index contributed by atoms with van der Waals surface area (Å²) in [7, 11) is 0. The summed E-state index contributed by atoms with van der Waals surface area (Å²) in [5.74, 6) is -1.13. The number of hydrogen-bond donors (Lipinski definition) is 1. The molecular weight excluding hydrogens is 140 g/mol. The zero-order valence-electron chi connectivity index (χ0n) is 6.10. The first-order chi connectivity index (χ1) is 5.30. The van der Waals surface area contributed by atoms with Crippen LogP contribution in [0.5, 0.6) is 0 Å². The Bertz CT molecular complexity index is 224. The van der Waals surface area contributed by atoms with E-state index in [4.69, 9.17) is 5.11 Å². The van der Waals surface area contributed by atoms with Crippen molar-refractivity contribution in [1.82, 2.24) is 0 Å². The van der Waals surface area contributed by atoms with Crippen LogP contribution in [-0.4, -0.2) is 11.1 Å². The van der Waals surface area contributed by atoms with Crippen molar-refractivity contribution in [3.05, 3.63) is 36.5 Å². The molecule has 1 N–H and O–H groups in total. The summed E-state index contributed by atoms with van der Waals surface area (Å²) < 4.78 is 0. The third-order valence-electron chi connectivity index (χ3n) is 1.52. The zero-order chi connectivity index (χ0) is 8.10. The molecule has 1 atom stereocenters. The van der Waals surface area contributed by atoms with E-state index < -0.39 is 5.97 Å². The van der Waals surface area contributed by atoms with Crippen LogP contribution in [0, 0.1) is 5.92 Å². The van der Waals surface area contributed by atoms with Crippen LogP contribution in [0.1, 0.15) is 6.42 Å². The van der Waals surface area contributed by atoms with Gasteiger partial charge in [0.1, 0.15) is 0 Å². The van der Waals surface area contributed by atoms with Crippen LogP contribution in [0.3, 0.4) is 0 Å². The standard InChI is InChI=1S/C9H10O2/c10-9(11)8-6-4-2-1-3-5-7-8/h1-6,8H,7H2,(H,10,11). The molecule has 2 heteroatoms. The molecule has 1 rings (SSSR count). The van der Waals surface area contributed by atoms with Gasteiger partial charge in [-0.1, -0.05) is 36.5 Å². The second kappa shape index (κ2) is 3.76. The van der Waals surface area contributed by atoms with Crippen molar-refractivity contribution in [1.29, 1.82) is 0 Å². The van der Waals surface area contributed by atoms with Gasteiger partial charge in [0.15, 0.2) is 0 Å². The number of carbonyl (C=O) groups is 1. The smallest absolute Gasteiger partial charge is 0.310 e. The fraction of sp³-hybridized carbons (Fsp3) is 0.222. The van der Waals surface area contributed by atoms with E-state index in [1.807, 2.05) is 24.3 Å². The lowest BCUT2D eigenvalue weighted by Gasteiger charge is -2.03. The fourth-order valence-electron chi connectivity index (χ4n) is 0.892. The molecule has 0 radical (unpaired) electrons. The molecule has 0 aliphatic heterocycles. The van der Waals surface area contributed by atoms with Crippen LogP contribution in [-0.2, 0) is 4.79 Å². The Kier molecular flexibility index (Phi) is 2.66. The van der Waals surface area contributed by atoms with E-state index in [0.29, 0.717) is 6.42 Å². The van der Waals surface area contributed by atoms with Gasteiger partial charge in [-0.15, -0.1) is 0 Å². The molecule has 1 aliphatic rings. The van der Waals surface area contributed by atoms with Gasteiger partial charge in [-0.2, -0.15) is 0 Å². The van der Waals surface area contributed by atoms with E-state index >= 15 is 0 Å². The summed E-state index contributed by atoms with van der Waals surface area (Å²) in [5.41, 5.74) is 0. The number of carboxylic acids is 1. The van der Waals surface area contributed by atoms with Crippen molar-refractivity contribution >= 4 is 5.97 Å². The quantitative estimate of drug-likeness (QED) is 0.618. The average molecular weight is 150 g/mol. The van der Waals surface area contributed by atoms with Crippen molar-refractivity contribution in [3.63, 3.8) is 0 Å². The van der Waals surface area contributed by atoms with Crippen LogP contribution >= 0.6 is 0 Å². The lowest BCUT2D eigenvalue weighted by molar-refractivity contribution is -0.139. The summed E-state index contributed by atoms with van der Waals surface area (Å²) in [6.45, 7) is 0. The summed E-state index contributed by atoms with van der Waals surface area (Å²) in [4.78, 5) is 10.5. The molecule has 58 valence electrons. The highest BCUT2D eigenvalue weighted by atomic mass is 16.4. The predicted octanol–water partition coefficient (Wildman–Crippen LogP) is 1.76. The zero-order valence-corrected chi connectivity index (χ0v) is 6.10. The number of aliphatic carboxylic acids is 1. The SMILES string of the molecule is O=C(O)C1C=CC=CC=CC1. The van der Waals surface area contributed by atoms with Crippen molar-refractivity contribution in [2.75, 3.05) is 0 Å². The van der Waals surface area contributed by atoms with Crippen molar-refractivity contribution < 1.29 is 9.90 Å². The van der Waals surface area contributed by atoms with Crippen molar-refractivity contribution in [3.8, 4) is 0 Å². The maximum absolute atomic E-state index is 10.5. The Morgan fingerprint density at radius 3 is 2.73 bits per heavy atom. The third-order valence-corrected chi connectivity index (χ3v) is 1.52. The monoisotopic (exact) mass is 150 g/mol. The van der Waals surface area contributed by atoms with Crippen LogP contribution in [0.2, 0.25) is 0 Å². The minimum atomic E-state index is -0.763. The van der Waals surface area contributed by atoms with Gasteiger partial charge in [0, 0.05) is 0 Å². The van der Waals surface area contributed by atoms with Crippen LogP contribution in [0.15, 0.2) is 36.5 Å². The Balaban J connectivity index is 2.68. The van der Waals surface area contributed by atoms with Gasteiger partial charge in [-0.25, -0.2) is 0 Å². The number of carboxylic acid groups (broad SMARTS) is 1. The van der Waals surface area contributed by atoms with Crippen molar-refractivity contribution in [2.24, 2.45) is 5.92 Å². The first-order valence-electron chi connectivity index (χ1n) is 3.53. The van der Waals surface area contributed by atoms with Gasteiger partial charge < -0.3 is 5.11 Å². The minimum absolute atomic E-state index is 0.365. The molecule has 2 nitrogen and oxygen atoms in total. The molecule has 1 unspecified atom stereocenters. The third kappa shape index (κ3) is 2.42. The van der Waals surface area contributed by atoms with Gasteiger partial charge in [-0.05, 0) is 6.42 Å². The molecule has 11 heavy (non-hydrogen) atoms. The van der Waals surface area contributed by atoms with Gasteiger partial charge in [0.05, 0.1) is 5.92 Å². The largest absolute Gasteiger partial charge is 0.481 e. The molecule has 0 bridgehead atoms. The Labute approximate surface area is 65.5 Å². The van der Waals surface area contributed by atoms with Gasteiger partial charge in [-0.3, -0.25) is 4.79 Å². The molecule has 0 fully saturated rings. The number of rotatable bonds is 1. The van der Waals surface area contributed by atoms with Crippen LogP contribution in [0.25, 0.3) is 0 Å². The minimum Gasteiger partial charge on any atom is -0.481 e. The van der Waals surface area contributed by atoms with Gasteiger partial charge >= 0.3 is 5.97 Å². The summed E-state index contributed by atoms with van der Waals surface area (Å²) in [6, 6.07) is 0. The molecule has 0 saturated carbocycles. The van der Waals surface area contributed by atoms with E-state index in [9.17, 15) is 4.79 Å². The molecule has 0 spiro atoms. The molecule has 0 heterocycles. The number of hydrogen-bond acceptors (Lipinski definition) is 1. The van der Waals surface area contributed by atoms with E-state index in [2.05, 4.69) is 0 Å². The molecule has 0 aromatic carbocycles. The lowest BCUT2D eigenvalue weighted by Crippen LogP contribution is -2.09. The van der Waals surface area contributed by atoms with E-state index in [0.717, 1.165) is 0 Å². The van der Waals surface area contributed by atoms with Gasteiger partial charge in [0.25, 0.3) is 0 Å². The Morgan fingerprint density at radius 1 is 1.27 bits per heavy atom. The van der Waals surface area contributed by atoms with E-state index in [1.165, 1.54) is 0 Å². The predicted molar refractivity (Wildman–Crippen MR) is 43.2 cm³/mol. The normalized spacial score (nSPS) is 22.7. The molecular formula is C9H10O2. The van der Waals surface area contributed by atoms with Gasteiger partial charge in [0.2, 0.25) is 0 Å². The van der Waals surface area contributed by atoms with Crippen LogP contribution in [0.4, 0.5) is 0 Å². The highest BCUT2D eigenvalue weighted by Gasteiger charge is 2.10. The second-order valence-corrected chi connectivity index (χ2v) is 2.38. The molecule has 0 aromatic rings. The lowest BCUT2D eigenvalue weighted by atomic mass is 10.0. The molecule has 0 aromatic heterocycles. The fourth-order valence-corrected chi connectivity index (χ4v) is 0.892. The maximum atomic E-state index is 10.5. The highest BCUT2D eigenvalue weighted by Crippen LogP contribution is 2.08. The molecule has 0 saturated heterocycles. The Morgan fingerprint density at radius 2 is 2.00 bits per heavy atom. The first-order valence-corrected chi connectivity index (χ1v) is 3.53. The highest BCUT2D eigenvalue weighted by molar-refractivity contribution is 5.72. The Hall–Kier alpha value is -1.31. The maximum Gasteiger partial charge on any atom is 0.310 e. The molecule has 0 amide bonds. The summed E-state index contributed by atoms with van der Waals surface area (Å²) in [6.07, 6.45) is 11.5. The van der Waals surface area contributed by atoms with Crippen LogP contribution < -0.4 is 0 Å². The van der Waals surface area contributed by atoms with Crippen molar-refractivity contribution in [2.45, 2.75) is 6.42 Å². The van der Waals surface area contributed by atoms with E-state index in [1.54, 1.807) is 12.2 Å². The van der Waals surface area contributed by atoms with E-state index in [-0.39, 0.29) is 5.92 Å².